The third-order valence-corrected chi connectivity index (χ3v) is 7.46. The fraction of sp³-hybridized carbons (Fsp3) is 0.621. The number of anilines is 1. The molecule has 3 rings (SSSR count). The highest BCUT2D eigenvalue weighted by atomic mass is 16.4. The van der Waals surface area contributed by atoms with Crippen LogP contribution in [0.5, 0.6) is 0 Å². The van der Waals surface area contributed by atoms with Crippen LogP contribution in [0.15, 0.2) is 24.3 Å². The van der Waals surface area contributed by atoms with Crippen molar-refractivity contribution in [1.82, 2.24) is 20.9 Å². The van der Waals surface area contributed by atoms with Crippen molar-refractivity contribution >= 4 is 35.3 Å². The molecule has 0 unspecified atom stereocenters. The standard InChI is InChI=1S/C29H43N5O6/c1-19(2)15-25(35)32-23-7-3-5-21(16-23)28(38)33-24(29(39)40)17-31-27(37)22-6-4-14-34(18-22)26(36)9-8-20-10-12-30-13-11-20/h3,5,7,16,19-20,22,24,30H,4,6,8-15,17-18H2,1-2H3,(H,31,37)(H,32,35)(H,33,38)(H,39,40)/t22-,24-/m0/s1. The molecule has 2 aliphatic heterocycles. The molecule has 1 aromatic rings. The Morgan fingerprint density at radius 1 is 1.10 bits per heavy atom. The molecule has 2 fully saturated rings. The number of nitrogens with one attached hydrogen (secondary N) is 4. The van der Waals surface area contributed by atoms with Crippen LogP contribution in [0.3, 0.4) is 0 Å². The molecule has 40 heavy (non-hydrogen) atoms. The molecule has 0 spiro atoms. The Hall–Kier alpha value is -3.47. The number of likely N-dealkylation sites (tertiary alicyclic amines) is 1. The molecule has 0 saturated carbocycles. The van der Waals surface area contributed by atoms with E-state index >= 15 is 0 Å². The Morgan fingerprint density at radius 2 is 1.85 bits per heavy atom. The third-order valence-electron chi connectivity index (χ3n) is 7.46. The van der Waals surface area contributed by atoms with Gasteiger partial charge < -0.3 is 31.3 Å². The summed E-state index contributed by atoms with van der Waals surface area (Å²) in [5.74, 6) is -2.04. The van der Waals surface area contributed by atoms with E-state index in [0.29, 0.717) is 50.4 Å². The predicted molar refractivity (Wildman–Crippen MR) is 151 cm³/mol. The lowest BCUT2D eigenvalue weighted by atomic mass is 9.92. The van der Waals surface area contributed by atoms with Gasteiger partial charge in [0.1, 0.15) is 6.04 Å². The summed E-state index contributed by atoms with van der Waals surface area (Å²) >= 11 is 0. The normalized spacial score (nSPS) is 18.6. The number of carbonyl (C=O) groups excluding carboxylic acids is 4. The zero-order chi connectivity index (χ0) is 29.1. The quantitative estimate of drug-likeness (QED) is 0.263. The Balaban J connectivity index is 1.48. The smallest absolute Gasteiger partial charge is 0.328 e. The number of hydrogen-bond donors (Lipinski definition) is 5. The van der Waals surface area contributed by atoms with Crippen molar-refractivity contribution < 1.29 is 29.1 Å². The van der Waals surface area contributed by atoms with Gasteiger partial charge in [-0.05, 0) is 75.2 Å². The minimum Gasteiger partial charge on any atom is -0.480 e. The van der Waals surface area contributed by atoms with Gasteiger partial charge in [-0.15, -0.1) is 0 Å². The topological polar surface area (TPSA) is 157 Å². The minimum atomic E-state index is -1.35. The molecule has 11 heteroatoms. The van der Waals surface area contributed by atoms with Gasteiger partial charge in [0, 0.05) is 43.7 Å². The minimum absolute atomic E-state index is 0.0642. The lowest BCUT2D eigenvalue weighted by molar-refractivity contribution is -0.139. The molecule has 0 radical (unpaired) electrons. The van der Waals surface area contributed by atoms with E-state index in [2.05, 4.69) is 21.3 Å². The molecule has 2 saturated heterocycles. The maximum Gasteiger partial charge on any atom is 0.328 e. The third kappa shape index (κ3) is 9.93. The first kappa shape index (κ1) is 31.1. The summed E-state index contributed by atoms with van der Waals surface area (Å²) in [5, 5.41) is 20.8. The number of carboxylic acids is 1. The van der Waals surface area contributed by atoms with Crippen molar-refractivity contribution in [1.29, 1.82) is 0 Å². The zero-order valence-corrected chi connectivity index (χ0v) is 23.5. The Morgan fingerprint density at radius 3 is 2.55 bits per heavy atom. The van der Waals surface area contributed by atoms with Crippen LogP contribution in [0.4, 0.5) is 5.69 Å². The molecule has 2 heterocycles. The lowest BCUT2D eigenvalue weighted by Crippen LogP contribution is -2.51. The summed E-state index contributed by atoms with van der Waals surface area (Å²) in [6.07, 6.45) is 5.17. The van der Waals surface area contributed by atoms with Gasteiger partial charge >= 0.3 is 5.97 Å². The summed E-state index contributed by atoms with van der Waals surface area (Å²) in [7, 11) is 0. The van der Waals surface area contributed by atoms with E-state index in [1.165, 1.54) is 12.1 Å². The van der Waals surface area contributed by atoms with Crippen molar-refractivity contribution in [2.45, 2.75) is 64.8 Å². The summed E-state index contributed by atoms with van der Waals surface area (Å²) in [6.45, 7) is 6.49. The van der Waals surface area contributed by atoms with Crippen molar-refractivity contribution in [3.63, 3.8) is 0 Å². The summed E-state index contributed by atoms with van der Waals surface area (Å²) < 4.78 is 0. The highest BCUT2D eigenvalue weighted by molar-refractivity contribution is 5.99. The molecule has 0 bridgehead atoms. The number of carbonyl (C=O) groups is 5. The van der Waals surface area contributed by atoms with Gasteiger partial charge in [-0.1, -0.05) is 19.9 Å². The average Bonchev–Trinajstić information content (AvgIpc) is 2.93. The average molecular weight is 558 g/mol. The number of benzene rings is 1. The van der Waals surface area contributed by atoms with Gasteiger partial charge in [-0.3, -0.25) is 19.2 Å². The maximum absolute atomic E-state index is 12.9. The van der Waals surface area contributed by atoms with Gasteiger partial charge in [0.05, 0.1) is 5.92 Å². The van der Waals surface area contributed by atoms with Gasteiger partial charge in [0.2, 0.25) is 17.7 Å². The van der Waals surface area contributed by atoms with Crippen molar-refractivity contribution in [3.8, 4) is 0 Å². The number of hydrogen-bond acceptors (Lipinski definition) is 6. The lowest BCUT2D eigenvalue weighted by Gasteiger charge is -2.33. The zero-order valence-electron chi connectivity index (χ0n) is 23.5. The first-order valence-corrected chi connectivity index (χ1v) is 14.3. The summed E-state index contributed by atoms with van der Waals surface area (Å²) in [4.78, 5) is 64.1. The number of carboxylic acid groups (broad SMARTS) is 1. The van der Waals surface area contributed by atoms with Crippen LogP contribution in [-0.4, -0.2) is 78.4 Å². The van der Waals surface area contributed by atoms with E-state index in [4.69, 9.17) is 0 Å². The van der Waals surface area contributed by atoms with Crippen LogP contribution in [0.2, 0.25) is 0 Å². The second kappa shape index (κ2) is 15.4. The number of piperidine rings is 2. The first-order chi connectivity index (χ1) is 19.1. The van der Waals surface area contributed by atoms with E-state index in [0.717, 1.165) is 32.4 Å². The van der Waals surface area contributed by atoms with Crippen LogP contribution in [0, 0.1) is 17.8 Å². The molecule has 0 aromatic heterocycles. The van der Waals surface area contributed by atoms with Gasteiger partial charge in [0.25, 0.3) is 5.91 Å². The predicted octanol–water partition coefficient (Wildman–Crippen LogP) is 1.99. The van der Waals surface area contributed by atoms with E-state index < -0.39 is 23.8 Å². The van der Waals surface area contributed by atoms with Crippen LogP contribution in [0.25, 0.3) is 0 Å². The summed E-state index contributed by atoms with van der Waals surface area (Å²) in [5.41, 5.74) is 0.622. The maximum atomic E-state index is 12.9. The molecular formula is C29H43N5O6. The first-order valence-electron chi connectivity index (χ1n) is 14.3. The monoisotopic (exact) mass is 557 g/mol. The van der Waals surface area contributed by atoms with Crippen molar-refractivity contribution in [2.75, 3.05) is 38.0 Å². The van der Waals surface area contributed by atoms with Crippen LogP contribution < -0.4 is 21.3 Å². The number of amides is 4. The fourth-order valence-electron chi connectivity index (χ4n) is 5.18. The molecule has 0 aliphatic carbocycles. The number of nitrogens with zero attached hydrogens (tertiary/aromatic N) is 1. The largest absolute Gasteiger partial charge is 0.480 e. The molecule has 2 atom stereocenters. The molecule has 4 amide bonds. The Labute approximate surface area is 235 Å². The van der Waals surface area contributed by atoms with E-state index in [1.807, 2.05) is 13.8 Å². The fourth-order valence-corrected chi connectivity index (χ4v) is 5.18. The molecule has 11 nitrogen and oxygen atoms in total. The van der Waals surface area contributed by atoms with Crippen molar-refractivity contribution in [2.24, 2.45) is 17.8 Å². The molecule has 1 aromatic carbocycles. The Kier molecular flexibility index (Phi) is 11.9. The van der Waals surface area contributed by atoms with E-state index in [1.54, 1.807) is 17.0 Å². The van der Waals surface area contributed by atoms with Crippen LogP contribution in [0.1, 0.15) is 69.2 Å². The molecule has 2 aliphatic rings. The molecular weight excluding hydrogens is 514 g/mol. The van der Waals surface area contributed by atoms with Gasteiger partial charge in [-0.2, -0.15) is 0 Å². The van der Waals surface area contributed by atoms with Crippen LogP contribution >= 0.6 is 0 Å². The highest BCUT2D eigenvalue weighted by Crippen LogP contribution is 2.21. The highest BCUT2D eigenvalue weighted by Gasteiger charge is 2.30. The number of aliphatic carboxylic acids is 1. The van der Waals surface area contributed by atoms with Gasteiger partial charge in [0.15, 0.2) is 0 Å². The second-order valence-electron chi connectivity index (χ2n) is 11.2. The van der Waals surface area contributed by atoms with E-state index in [-0.39, 0.29) is 35.7 Å². The number of rotatable bonds is 12. The molecule has 5 N–H and O–H groups in total. The SMILES string of the molecule is CC(C)CC(=O)Nc1cccc(C(=O)N[C@@H](CNC(=O)[C@H]2CCCN(C(=O)CCC3CCNCC3)C2)C(=O)O)c1. The van der Waals surface area contributed by atoms with Gasteiger partial charge in [-0.25, -0.2) is 4.79 Å². The summed E-state index contributed by atoms with van der Waals surface area (Å²) in [6, 6.07) is 4.89. The molecule has 220 valence electrons. The second-order valence-corrected chi connectivity index (χ2v) is 11.2. The Bertz CT molecular complexity index is 1060. The van der Waals surface area contributed by atoms with Crippen molar-refractivity contribution in [3.05, 3.63) is 29.8 Å². The van der Waals surface area contributed by atoms with Crippen LogP contribution in [-0.2, 0) is 19.2 Å². The van der Waals surface area contributed by atoms with E-state index in [9.17, 15) is 29.1 Å².